The minimum Gasteiger partial charge on any atom is -0.378 e. The number of nitrogens with two attached hydrogens (primary N) is 1. The molecule has 5 heteroatoms. The van der Waals surface area contributed by atoms with Crippen molar-refractivity contribution in [2.24, 2.45) is 5.73 Å². The van der Waals surface area contributed by atoms with Gasteiger partial charge in [-0.3, -0.25) is 0 Å². The summed E-state index contributed by atoms with van der Waals surface area (Å²) in [5.41, 5.74) is 5.84. The van der Waals surface area contributed by atoms with Crippen LogP contribution in [0, 0.1) is 0 Å². The van der Waals surface area contributed by atoms with E-state index in [0.717, 1.165) is 45.3 Å². The molecule has 1 rings (SSSR count). The lowest BCUT2D eigenvalue weighted by Crippen LogP contribution is -2.37. The molecule has 0 atom stereocenters. The Bertz CT molecular complexity index is 240. The lowest BCUT2D eigenvalue weighted by Gasteiger charge is -2.26. The minimum absolute atomic E-state index is 0.0128. The molecule has 0 spiro atoms. The summed E-state index contributed by atoms with van der Waals surface area (Å²) in [5.74, 6) is 0. The predicted molar refractivity (Wildman–Crippen MR) is 72.5 cm³/mol. The van der Waals surface area contributed by atoms with Crippen molar-refractivity contribution in [3.05, 3.63) is 0 Å². The van der Waals surface area contributed by atoms with E-state index in [1.807, 2.05) is 6.92 Å². The first-order chi connectivity index (χ1) is 8.63. The number of nitrogens with zero attached hydrogens (tertiary/aromatic N) is 1. The van der Waals surface area contributed by atoms with Crippen LogP contribution in [0.25, 0.3) is 0 Å². The summed E-state index contributed by atoms with van der Waals surface area (Å²) in [7, 11) is 1.79. The fraction of sp³-hybridized carbons (Fsp3) is 0.923. The third-order valence-electron chi connectivity index (χ3n) is 3.49. The number of carbonyl (C=O) groups is 1. The van der Waals surface area contributed by atoms with Crippen molar-refractivity contribution >= 4 is 6.03 Å². The van der Waals surface area contributed by atoms with Crippen LogP contribution < -0.4 is 11.1 Å². The van der Waals surface area contributed by atoms with E-state index in [1.165, 1.54) is 0 Å². The molecular weight excluding hydrogens is 230 g/mol. The van der Waals surface area contributed by atoms with Gasteiger partial charge in [0.15, 0.2) is 0 Å². The van der Waals surface area contributed by atoms with Crippen molar-refractivity contribution < 1.29 is 9.53 Å². The Kier molecular flexibility index (Phi) is 7.05. The van der Waals surface area contributed by atoms with Crippen LogP contribution in [0.1, 0.15) is 39.0 Å². The van der Waals surface area contributed by atoms with E-state index in [0.29, 0.717) is 18.7 Å². The predicted octanol–water partition coefficient (Wildman–Crippen LogP) is 1.32. The average molecular weight is 257 g/mol. The highest BCUT2D eigenvalue weighted by molar-refractivity contribution is 5.73. The molecular formula is C13H27N3O2. The van der Waals surface area contributed by atoms with Crippen molar-refractivity contribution in [3.8, 4) is 0 Å². The molecule has 0 aromatic carbocycles. The molecule has 5 nitrogen and oxygen atoms in total. The summed E-state index contributed by atoms with van der Waals surface area (Å²) in [6.07, 6.45) is 5.54. The van der Waals surface area contributed by atoms with Crippen LogP contribution in [0.3, 0.4) is 0 Å². The number of rotatable bonds is 6. The molecule has 1 fully saturated rings. The lowest BCUT2D eigenvalue weighted by molar-refractivity contribution is 0.0242. The molecule has 1 aliphatic carbocycles. The van der Waals surface area contributed by atoms with Crippen LogP contribution in [0.15, 0.2) is 0 Å². The van der Waals surface area contributed by atoms with Gasteiger partial charge in [0.25, 0.3) is 0 Å². The molecule has 0 aromatic rings. The van der Waals surface area contributed by atoms with Gasteiger partial charge in [-0.1, -0.05) is 0 Å². The molecule has 2 amide bonds. The summed E-state index contributed by atoms with van der Waals surface area (Å²) in [5, 5.41) is 2.87. The Morgan fingerprint density at radius 1 is 1.39 bits per heavy atom. The number of hydrogen-bond acceptors (Lipinski definition) is 3. The van der Waals surface area contributed by atoms with E-state index in [-0.39, 0.29) is 6.03 Å². The number of nitrogens with one attached hydrogen (secondary N) is 1. The van der Waals surface area contributed by atoms with E-state index in [1.54, 1.807) is 11.9 Å². The highest BCUT2D eigenvalue weighted by Gasteiger charge is 2.18. The van der Waals surface area contributed by atoms with E-state index < -0.39 is 0 Å². The Morgan fingerprint density at radius 3 is 2.67 bits per heavy atom. The molecule has 18 heavy (non-hydrogen) atoms. The normalized spacial score (nSPS) is 23.7. The van der Waals surface area contributed by atoms with Crippen molar-refractivity contribution in [1.29, 1.82) is 0 Å². The van der Waals surface area contributed by atoms with Gasteiger partial charge in [-0.05, 0) is 39.0 Å². The Balaban J connectivity index is 1.97. The molecule has 1 aliphatic rings. The number of carbonyl (C=O) groups excluding carboxylic acids is 1. The maximum absolute atomic E-state index is 11.4. The zero-order valence-corrected chi connectivity index (χ0v) is 11.7. The largest absolute Gasteiger partial charge is 0.378 e. The molecule has 0 aliphatic heterocycles. The SMILES string of the molecule is CCN(C)C(=O)NCCCOC1CCC(N)CC1. The maximum atomic E-state index is 11.4. The highest BCUT2D eigenvalue weighted by atomic mass is 16.5. The van der Waals surface area contributed by atoms with Gasteiger partial charge in [0.05, 0.1) is 6.10 Å². The van der Waals surface area contributed by atoms with Crippen molar-refractivity contribution in [1.82, 2.24) is 10.2 Å². The lowest BCUT2D eigenvalue weighted by atomic mass is 9.94. The van der Waals surface area contributed by atoms with E-state index in [4.69, 9.17) is 10.5 Å². The van der Waals surface area contributed by atoms with Gasteiger partial charge in [0.1, 0.15) is 0 Å². The van der Waals surface area contributed by atoms with Gasteiger partial charge in [0, 0.05) is 32.8 Å². The molecule has 0 bridgehead atoms. The number of ether oxygens (including phenoxy) is 1. The first-order valence-electron chi connectivity index (χ1n) is 6.99. The highest BCUT2D eigenvalue weighted by Crippen LogP contribution is 2.19. The number of urea groups is 1. The summed E-state index contributed by atoms with van der Waals surface area (Å²) >= 11 is 0. The van der Waals surface area contributed by atoms with Gasteiger partial charge < -0.3 is 20.7 Å². The second-order valence-corrected chi connectivity index (χ2v) is 5.01. The molecule has 1 saturated carbocycles. The maximum Gasteiger partial charge on any atom is 0.317 e. The fourth-order valence-corrected chi connectivity index (χ4v) is 2.05. The van der Waals surface area contributed by atoms with Crippen LogP contribution in [0.2, 0.25) is 0 Å². The molecule has 106 valence electrons. The number of amides is 2. The Hall–Kier alpha value is -0.810. The van der Waals surface area contributed by atoms with Crippen LogP contribution in [-0.4, -0.2) is 49.8 Å². The second kappa shape index (κ2) is 8.32. The Labute approximate surface area is 110 Å². The molecule has 0 unspecified atom stereocenters. The molecule has 0 radical (unpaired) electrons. The van der Waals surface area contributed by atoms with Gasteiger partial charge in [-0.25, -0.2) is 4.79 Å². The van der Waals surface area contributed by atoms with Crippen LogP contribution >= 0.6 is 0 Å². The van der Waals surface area contributed by atoms with Crippen LogP contribution in [0.4, 0.5) is 4.79 Å². The topological polar surface area (TPSA) is 67.6 Å². The fourth-order valence-electron chi connectivity index (χ4n) is 2.05. The molecule has 3 N–H and O–H groups in total. The van der Waals surface area contributed by atoms with Crippen molar-refractivity contribution in [2.45, 2.75) is 51.2 Å². The number of hydrogen-bond donors (Lipinski definition) is 2. The average Bonchev–Trinajstić information content (AvgIpc) is 2.39. The quantitative estimate of drug-likeness (QED) is 0.705. The van der Waals surface area contributed by atoms with Crippen LogP contribution in [0.5, 0.6) is 0 Å². The third-order valence-corrected chi connectivity index (χ3v) is 3.49. The van der Waals surface area contributed by atoms with Crippen molar-refractivity contribution in [2.75, 3.05) is 26.7 Å². The first kappa shape index (κ1) is 15.2. The molecule has 0 saturated heterocycles. The zero-order chi connectivity index (χ0) is 13.4. The first-order valence-corrected chi connectivity index (χ1v) is 6.99. The van der Waals surface area contributed by atoms with Gasteiger partial charge >= 0.3 is 6.03 Å². The smallest absolute Gasteiger partial charge is 0.317 e. The Morgan fingerprint density at radius 2 is 2.06 bits per heavy atom. The second-order valence-electron chi connectivity index (χ2n) is 5.01. The molecule has 0 heterocycles. The summed E-state index contributed by atoms with van der Waals surface area (Å²) in [6.45, 7) is 4.08. The van der Waals surface area contributed by atoms with Gasteiger partial charge in [-0.2, -0.15) is 0 Å². The zero-order valence-electron chi connectivity index (χ0n) is 11.7. The summed E-state index contributed by atoms with van der Waals surface area (Å²) < 4.78 is 5.78. The van der Waals surface area contributed by atoms with E-state index >= 15 is 0 Å². The van der Waals surface area contributed by atoms with Crippen LogP contribution in [-0.2, 0) is 4.74 Å². The summed E-state index contributed by atoms with van der Waals surface area (Å²) in [6, 6.07) is 0.356. The van der Waals surface area contributed by atoms with Gasteiger partial charge in [-0.15, -0.1) is 0 Å². The third kappa shape index (κ3) is 5.69. The van der Waals surface area contributed by atoms with Gasteiger partial charge in [0.2, 0.25) is 0 Å². The van der Waals surface area contributed by atoms with E-state index in [9.17, 15) is 4.79 Å². The molecule has 0 aromatic heterocycles. The monoisotopic (exact) mass is 257 g/mol. The summed E-state index contributed by atoms with van der Waals surface area (Å²) in [4.78, 5) is 13.1. The minimum atomic E-state index is -0.0128. The van der Waals surface area contributed by atoms with Crippen molar-refractivity contribution in [3.63, 3.8) is 0 Å². The van der Waals surface area contributed by atoms with E-state index in [2.05, 4.69) is 5.32 Å². The standard InChI is InChI=1S/C13H27N3O2/c1-3-16(2)13(17)15-9-4-10-18-12-7-5-11(14)6-8-12/h11-12H,3-10,14H2,1-2H3,(H,15,17).